The van der Waals surface area contributed by atoms with Crippen molar-refractivity contribution in [1.29, 1.82) is 0 Å². The smallest absolute Gasteiger partial charge is 0.226 e. The Hall–Kier alpha value is -1.06. The van der Waals surface area contributed by atoms with Gasteiger partial charge in [0.15, 0.2) is 0 Å². The van der Waals surface area contributed by atoms with Crippen LogP contribution in [0, 0.1) is 0 Å². The second kappa shape index (κ2) is 3.56. The molecule has 2 heterocycles. The van der Waals surface area contributed by atoms with Gasteiger partial charge in [-0.05, 0) is 12.1 Å². The van der Waals surface area contributed by atoms with Gasteiger partial charge in [-0.25, -0.2) is 4.98 Å². The molecule has 4 heteroatoms. The van der Waals surface area contributed by atoms with E-state index in [4.69, 9.17) is 10.2 Å². The van der Waals surface area contributed by atoms with Gasteiger partial charge in [0.05, 0.1) is 6.26 Å². The van der Waals surface area contributed by atoms with Crippen molar-refractivity contribution in [2.75, 3.05) is 0 Å². The van der Waals surface area contributed by atoms with E-state index in [-0.39, 0.29) is 12.4 Å². The molecule has 0 fully saturated rings. The van der Waals surface area contributed by atoms with Gasteiger partial charge in [-0.3, -0.25) is 0 Å². The largest absolute Gasteiger partial charge is 0.446 e. The molecule has 0 radical (unpaired) electrons. The average Bonchev–Trinajstić information content (AvgIpc) is 2.47. The van der Waals surface area contributed by atoms with E-state index >= 15 is 0 Å². The van der Waals surface area contributed by atoms with E-state index in [1.165, 1.54) is 0 Å². The molecule has 2 aromatic heterocycles. The minimum Gasteiger partial charge on any atom is -0.446 e. The summed E-state index contributed by atoms with van der Waals surface area (Å²) in [7, 11) is 0. The number of hydrogen-bond donors (Lipinski definition) is 1. The van der Waals surface area contributed by atoms with Crippen molar-refractivity contribution >= 4 is 23.5 Å². The highest BCUT2D eigenvalue weighted by atomic mass is 35.5. The van der Waals surface area contributed by atoms with E-state index in [9.17, 15) is 0 Å². The fraction of sp³-hybridized carbons (Fsp3) is 0.125. The first-order chi connectivity index (χ1) is 5.42. The topological polar surface area (TPSA) is 52.0 Å². The van der Waals surface area contributed by atoms with E-state index < -0.39 is 0 Å². The number of aromatic nitrogens is 1. The fourth-order valence-corrected chi connectivity index (χ4v) is 1.08. The molecule has 0 amide bonds. The summed E-state index contributed by atoms with van der Waals surface area (Å²) in [6.07, 6.45) is 3.35. The summed E-state index contributed by atoms with van der Waals surface area (Å²) in [4.78, 5) is 4.03. The Morgan fingerprint density at radius 3 is 3.08 bits per heavy atom. The number of hydrogen-bond acceptors (Lipinski definition) is 3. The van der Waals surface area contributed by atoms with E-state index in [1.807, 2.05) is 12.1 Å². The number of fused-ring (bicyclic) bond motifs is 1. The summed E-state index contributed by atoms with van der Waals surface area (Å²) >= 11 is 0. The highest BCUT2D eigenvalue weighted by molar-refractivity contribution is 5.85. The first-order valence-electron chi connectivity index (χ1n) is 3.43. The van der Waals surface area contributed by atoms with E-state index in [1.54, 1.807) is 12.5 Å². The lowest BCUT2D eigenvalue weighted by Crippen LogP contribution is -1.93. The van der Waals surface area contributed by atoms with Crippen molar-refractivity contribution in [3.63, 3.8) is 0 Å². The maximum atomic E-state index is 5.47. The first-order valence-corrected chi connectivity index (χ1v) is 3.43. The third-order valence-electron chi connectivity index (χ3n) is 1.65. The van der Waals surface area contributed by atoms with Gasteiger partial charge in [-0.1, -0.05) is 0 Å². The molecule has 0 unspecified atom stereocenters. The van der Waals surface area contributed by atoms with E-state index in [2.05, 4.69) is 4.98 Å². The zero-order valence-electron chi connectivity index (χ0n) is 6.36. The Morgan fingerprint density at radius 1 is 1.50 bits per heavy atom. The number of pyridine rings is 1. The highest BCUT2D eigenvalue weighted by Gasteiger charge is 2.02. The van der Waals surface area contributed by atoms with Crippen LogP contribution in [0.5, 0.6) is 0 Å². The number of furan rings is 1. The van der Waals surface area contributed by atoms with Crippen LogP contribution in [0.15, 0.2) is 29.0 Å². The first kappa shape index (κ1) is 9.03. The number of nitrogens with zero attached hydrogens (tertiary/aromatic N) is 1. The Balaban J connectivity index is 0.000000720. The zero-order valence-corrected chi connectivity index (χ0v) is 7.17. The van der Waals surface area contributed by atoms with Crippen molar-refractivity contribution < 1.29 is 4.42 Å². The van der Waals surface area contributed by atoms with Crippen LogP contribution in [-0.2, 0) is 6.54 Å². The average molecular weight is 185 g/mol. The molecular formula is C8H9ClN2O. The quantitative estimate of drug-likeness (QED) is 0.734. The van der Waals surface area contributed by atoms with Gasteiger partial charge < -0.3 is 10.2 Å². The molecule has 2 N–H and O–H groups in total. The summed E-state index contributed by atoms with van der Waals surface area (Å²) < 4.78 is 5.15. The molecule has 0 atom stereocenters. The van der Waals surface area contributed by atoms with Crippen LogP contribution >= 0.6 is 12.4 Å². The van der Waals surface area contributed by atoms with Gasteiger partial charge in [-0.2, -0.15) is 0 Å². The van der Waals surface area contributed by atoms with Gasteiger partial charge >= 0.3 is 0 Å². The molecule has 0 aromatic carbocycles. The van der Waals surface area contributed by atoms with Crippen LogP contribution in [0.25, 0.3) is 11.1 Å². The molecule has 0 aliphatic carbocycles. The Bertz CT molecular complexity index is 372. The van der Waals surface area contributed by atoms with Gasteiger partial charge in [-0.15, -0.1) is 12.4 Å². The van der Waals surface area contributed by atoms with Crippen molar-refractivity contribution in [3.8, 4) is 0 Å². The van der Waals surface area contributed by atoms with Crippen molar-refractivity contribution in [3.05, 3.63) is 30.2 Å². The maximum absolute atomic E-state index is 5.47. The molecule has 0 aliphatic rings. The van der Waals surface area contributed by atoms with Crippen molar-refractivity contribution in [1.82, 2.24) is 4.98 Å². The van der Waals surface area contributed by atoms with Gasteiger partial charge in [0, 0.05) is 23.7 Å². The van der Waals surface area contributed by atoms with Crippen molar-refractivity contribution in [2.24, 2.45) is 5.73 Å². The molecule has 2 aromatic rings. The van der Waals surface area contributed by atoms with Crippen LogP contribution in [0.1, 0.15) is 5.56 Å². The predicted octanol–water partition coefficient (Wildman–Crippen LogP) is 1.71. The summed E-state index contributed by atoms with van der Waals surface area (Å²) in [6.45, 7) is 0.499. The highest BCUT2D eigenvalue weighted by Crippen LogP contribution is 2.17. The van der Waals surface area contributed by atoms with E-state index in [0.717, 1.165) is 10.9 Å². The van der Waals surface area contributed by atoms with Crippen LogP contribution in [-0.4, -0.2) is 4.98 Å². The standard InChI is InChI=1S/C8H8N2O.ClH/c9-4-6-5-11-8-7(6)2-1-3-10-8;/h1-3,5H,4,9H2;1H. The predicted molar refractivity (Wildman–Crippen MR) is 49.1 cm³/mol. The molecule has 2 rings (SSSR count). The summed E-state index contributed by atoms with van der Waals surface area (Å²) in [5.74, 6) is 0. The minimum absolute atomic E-state index is 0. The summed E-state index contributed by atoms with van der Waals surface area (Å²) in [6, 6.07) is 3.82. The van der Waals surface area contributed by atoms with Gasteiger partial charge in [0.1, 0.15) is 0 Å². The van der Waals surface area contributed by atoms with Gasteiger partial charge in [0.2, 0.25) is 5.71 Å². The number of halogens is 1. The second-order valence-electron chi connectivity index (χ2n) is 2.32. The summed E-state index contributed by atoms with van der Waals surface area (Å²) in [5.41, 5.74) is 7.14. The molecule has 0 saturated heterocycles. The molecule has 0 saturated carbocycles. The Kier molecular flexibility index (Phi) is 2.68. The number of nitrogens with two attached hydrogens (primary N) is 1. The summed E-state index contributed by atoms with van der Waals surface area (Å²) in [5, 5.41) is 1.01. The molecule has 0 spiro atoms. The van der Waals surface area contributed by atoms with Crippen LogP contribution in [0.4, 0.5) is 0 Å². The number of rotatable bonds is 1. The Labute approximate surface area is 76.0 Å². The third kappa shape index (κ3) is 1.29. The van der Waals surface area contributed by atoms with E-state index in [0.29, 0.717) is 12.3 Å². The fourth-order valence-electron chi connectivity index (χ4n) is 1.08. The maximum Gasteiger partial charge on any atom is 0.226 e. The molecule has 64 valence electrons. The SMILES string of the molecule is Cl.NCc1coc2ncccc12. The van der Waals surface area contributed by atoms with Gasteiger partial charge in [0.25, 0.3) is 0 Å². The molecule has 12 heavy (non-hydrogen) atoms. The lowest BCUT2D eigenvalue weighted by Gasteiger charge is -1.87. The van der Waals surface area contributed by atoms with Crippen LogP contribution in [0.3, 0.4) is 0 Å². The molecule has 0 aliphatic heterocycles. The minimum atomic E-state index is 0. The van der Waals surface area contributed by atoms with Crippen LogP contribution < -0.4 is 5.73 Å². The van der Waals surface area contributed by atoms with Crippen molar-refractivity contribution in [2.45, 2.75) is 6.54 Å². The normalized spacial score (nSPS) is 9.75. The third-order valence-corrected chi connectivity index (χ3v) is 1.65. The molecular weight excluding hydrogens is 176 g/mol. The molecule has 3 nitrogen and oxygen atoms in total. The zero-order chi connectivity index (χ0) is 7.68. The monoisotopic (exact) mass is 184 g/mol. The Morgan fingerprint density at radius 2 is 2.33 bits per heavy atom. The lowest BCUT2D eigenvalue weighted by atomic mass is 10.2. The van der Waals surface area contributed by atoms with Crippen LogP contribution in [0.2, 0.25) is 0 Å². The molecule has 0 bridgehead atoms. The second-order valence-corrected chi connectivity index (χ2v) is 2.32. The lowest BCUT2D eigenvalue weighted by molar-refractivity contribution is 0.598.